The molecule has 2 heterocycles. The topological polar surface area (TPSA) is 54.5 Å². The van der Waals surface area contributed by atoms with Crippen LogP contribution in [0.3, 0.4) is 0 Å². The van der Waals surface area contributed by atoms with Crippen LogP contribution in [0.5, 0.6) is 0 Å². The monoisotopic (exact) mass is 232 g/mol. The van der Waals surface area contributed by atoms with Crippen molar-refractivity contribution in [1.29, 1.82) is 0 Å². The minimum Gasteiger partial charge on any atom is -0.334 e. The van der Waals surface area contributed by atoms with Crippen molar-refractivity contribution in [2.75, 3.05) is 0 Å². The molecule has 0 aliphatic carbocycles. The third kappa shape index (κ3) is 1.54. The molecule has 84 valence electrons. The summed E-state index contributed by atoms with van der Waals surface area (Å²) < 4.78 is 26.6. The van der Waals surface area contributed by atoms with Gasteiger partial charge in [-0.2, -0.15) is 8.78 Å². The summed E-state index contributed by atoms with van der Waals surface area (Å²) in [7, 11) is 0. The molecule has 0 aliphatic heterocycles. The number of nitrogens with zero attached hydrogens (tertiary/aromatic N) is 3. The van der Waals surface area contributed by atoms with E-state index in [1.54, 1.807) is 12.1 Å². The Bertz CT molecular complexity index is 640. The first-order valence-electron chi connectivity index (χ1n) is 4.88. The number of nitrogens with one attached hydrogen (secondary N) is 1. The van der Waals surface area contributed by atoms with Gasteiger partial charge in [-0.1, -0.05) is 30.3 Å². The van der Waals surface area contributed by atoms with Crippen LogP contribution in [0, 0.1) is 11.9 Å². The first-order chi connectivity index (χ1) is 8.25. The van der Waals surface area contributed by atoms with Crippen LogP contribution in [0.25, 0.3) is 22.4 Å². The molecule has 3 rings (SSSR count). The van der Waals surface area contributed by atoms with Crippen molar-refractivity contribution in [3.8, 4) is 11.4 Å². The lowest BCUT2D eigenvalue weighted by molar-refractivity contribution is 0.523. The van der Waals surface area contributed by atoms with E-state index in [9.17, 15) is 8.78 Å². The quantitative estimate of drug-likeness (QED) is 0.700. The molecular weight excluding hydrogens is 226 g/mol. The fourth-order valence-corrected chi connectivity index (χ4v) is 1.59. The van der Waals surface area contributed by atoms with Crippen molar-refractivity contribution in [1.82, 2.24) is 20.2 Å². The molecule has 1 aromatic carbocycles. The highest BCUT2D eigenvalue weighted by molar-refractivity contribution is 5.78. The fourth-order valence-electron chi connectivity index (χ4n) is 1.59. The van der Waals surface area contributed by atoms with Crippen LogP contribution >= 0.6 is 0 Å². The van der Waals surface area contributed by atoms with Crippen molar-refractivity contribution in [2.45, 2.75) is 0 Å². The summed E-state index contributed by atoms with van der Waals surface area (Å²) in [5, 5.41) is 6.09. The molecular formula is C11H6F2N4. The molecule has 3 aromatic rings. The normalized spacial score (nSPS) is 10.9. The van der Waals surface area contributed by atoms with E-state index in [1.807, 2.05) is 18.2 Å². The number of hydrogen-bond acceptors (Lipinski definition) is 3. The summed E-state index contributed by atoms with van der Waals surface area (Å²) in [5.41, 5.74) is 0.523. The largest absolute Gasteiger partial charge is 0.334 e. The van der Waals surface area contributed by atoms with Gasteiger partial charge < -0.3 is 4.98 Å². The van der Waals surface area contributed by atoms with Gasteiger partial charge in [0.05, 0.1) is 0 Å². The number of imidazole rings is 1. The Balaban J connectivity index is 2.27. The molecule has 0 saturated heterocycles. The second kappa shape index (κ2) is 3.58. The number of fused-ring (bicyclic) bond motifs is 1. The van der Waals surface area contributed by atoms with E-state index < -0.39 is 11.9 Å². The van der Waals surface area contributed by atoms with E-state index in [0.29, 0.717) is 5.82 Å². The minimum atomic E-state index is -0.889. The van der Waals surface area contributed by atoms with E-state index in [2.05, 4.69) is 20.2 Å². The summed E-state index contributed by atoms with van der Waals surface area (Å²) in [6.45, 7) is 0. The molecule has 4 nitrogen and oxygen atoms in total. The number of rotatable bonds is 1. The number of hydrogen-bond donors (Lipinski definition) is 1. The van der Waals surface area contributed by atoms with Crippen LogP contribution in [0.2, 0.25) is 0 Å². The summed E-state index contributed by atoms with van der Waals surface area (Å²) >= 11 is 0. The lowest BCUT2D eigenvalue weighted by atomic mass is 10.2. The van der Waals surface area contributed by atoms with Gasteiger partial charge in [-0.15, -0.1) is 10.2 Å². The number of benzene rings is 1. The molecule has 0 fully saturated rings. The number of H-pyrrole nitrogens is 1. The molecule has 0 aliphatic rings. The molecule has 0 spiro atoms. The molecule has 0 saturated carbocycles. The molecule has 6 heteroatoms. The Hall–Kier alpha value is -2.37. The van der Waals surface area contributed by atoms with E-state index in [4.69, 9.17) is 0 Å². The van der Waals surface area contributed by atoms with Gasteiger partial charge in [-0.25, -0.2) is 4.98 Å². The number of aromatic nitrogens is 4. The lowest BCUT2D eigenvalue weighted by Gasteiger charge is -1.93. The van der Waals surface area contributed by atoms with Crippen LogP contribution in [0.4, 0.5) is 8.78 Å². The van der Waals surface area contributed by atoms with Crippen molar-refractivity contribution in [3.05, 3.63) is 42.2 Å². The summed E-state index contributed by atoms with van der Waals surface area (Å²) in [6, 6.07) is 9.04. The summed E-state index contributed by atoms with van der Waals surface area (Å²) in [5.74, 6) is -1.37. The van der Waals surface area contributed by atoms with Crippen molar-refractivity contribution < 1.29 is 8.78 Å². The summed E-state index contributed by atoms with van der Waals surface area (Å²) in [6.07, 6.45) is 0. The molecule has 2 aromatic heterocycles. The lowest BCUT2D eigenvalue weighted by Crippen LogP contribution is -1.93. The fraction of sp³-hybridized carbons (Fsp3) is 0. The van der Waals surface area contributed by atoms with Gasteiger partial charge in [0, 0.05) is 5.56 Å². The molecule has 0 radical (unpaired) electrons. The number of halogens is 2. The average molecular weight is 232 g/mol. The van der Waals surface area contributed by atoms with Crippen LogP contribution in [-0.4, -0.2) is 20.2 Å². The molecule has 0 unspecified atom stereocenters. The van der Waals surface area contributed by atoms with Crippen LogP contribution in [0.15, 0.2) is 30.3 Å². The van der Waals surface area contributed by atoms with Crippen LogP contribution < -0.4 is 0 Å². The molecule has 17 heavy (non-hydrogen) atoms. The van der Waals surface area contributed by atoms with E-state index in [0.717, 1.165) is 5.56 Å². The summed E-state index contributed by atoms with van der Waals surface area (Å²) in [4.78, 5) is 6.66. The van der Waals surface area contributed by atoms with Gasteiger partial charge in [0.25, 0.3) is 11.9 Å². The van der Waals surface area contributed by atoms with Gasteiger partial charge in [-0.05, 0) is 0 Å². The van der Waals surface area contributed by atoms with Crippen LogP contribution in [0.1, 0.15) is 0 Å². The molecule has 0 atom stereocenters. The van der Waals surface area contributed by atoms with E-state index in [-0.39, 0.29) is 11.0 Å². The zero-order valence-electron chi connectivity index (χ0n) is 8.48. The Morgan fingerprint density at radius 2 is 1.65 bits per heavy atom. The standard InChI is InChI=1S/C11H6F2N4/c12-9-7-8(10(13)17-16-9)15-11(14-7)6-4-2-1-3-5-6/h1-5H,(H,14,15). The number of aromatic amines is 1. The zero-order chi connectivity index (χ0) is 11.8. The average Bonchev–Trinajstić information content (AvgIpc) is 2.81. The maximum Gasteiger partial charge on any atom is 0.261 e. The Labute approximate surface area is 94.3 Å². The highest BCUT2D eigenvalue weighted by atomic mass is 19.1. The van der Waals surface area contributed by atoms with Gasteiger partial charge in [-0.3, -0.25) is 0 Å². The van der Waals surface area contributed by atoms with Crippen molar-refractivity contribution >= 4 is 11.0 Å². The Morgan fingerprint density at radius 3 is 2.35 bits per heavy atom. The zero-order valence-corrected chi connectivity index (χ0v) is 8.48. The van der Waals surface area contributed by atoms with Crippen molar-refractivity contribution in [3.63, 3.8) is 0 Å². The van der Waals surface area contributed by atoms with Gasteiger partial charge in [0.2, 0.25) is 0 Å². The SMILES string of the molecule is Fc1nnc(F)c2[nH]c(-c3ccccc3)nc12. The highest BCUT2D eigenvalue weighted by Gasteiger charge is 2.14. The first kappa shape index (κ1) is 9.83. The maximum atomic E-state index is 13.3. The molecule has 0 bridgehead atoms. The van der Waals surface area contributed by atoms with Gasteiger partial charge in [0.1, 0.15) is 11.3 Å². The first-order valence-corrected chi connectivity index (χ1v) is 4.88. The third-order valence-electron chi connectivity index (χ3n) is 2.38. The second-order valence-corrected chi connectivity index (χ2v) is 3.46. The predicted octanol–water partition coefficient (Wildman–Crippen LogP) is 2.30. The Kier molecular flexibility index (Phi) is 2.07. The van der Waals surface area contributed by atoms with Gasteiger partial charge in [0.15, 0.2) is 5.52 Å². The predicted molar refractivity (Wildman–Crippen MR) is 57.0 cm³/mol. The highest BCUT2D eigenvalue weighted by Crippen LogP contribution is 2.21. The Morgan fingerprint density at radius 1 is 0.941 bits per heavy atom. The van der Waals surface area contributed by atoms with Gasteiger partial charge >= 0.3 is 0 Å². The van der Waals surface area contributed by atoms with E-state index in [1.165, 1.54) is 0 Å². The molecule has 1 N–H and O–H groups in total. The third-order valence-corrected chi connectivity index (χ3v) is 2.38. The second-order valence-electron chi connectivity index (χ2n) is 3.46. The van der Waals surface area contributed by atoms with E-state index >= 15 is 0 Å². The molecule has 0 amide bonds. The smallest absolute Gasteiger partial charge is 0.261 e. The maximum absolute atomic E-state index is 13.3. The minimum absolute atomic E-state index is 0.0728. The van der Waals surface area contributed by atoms with Crippen molar-refractivity contribution in [2.24, 2.45) is 0 Å². The van der Waals surface area contributed by atoms with Crippen LogP contribution in [-0.2, 0) is 0 Å².